The molecule has 0 saturated carbocycles. The number of halogens is 2. The molecule has 1 atom stereocenters. The molecule has 0 unspecified atom stereocenters. The van der Waals surface area contributed by atoms with E-state index in [9.17, 15) is 17.6 Å². The Morgan fingerprint density at radius 1 is 1.47 bits per heavy atom. The van der Waals surface area contributed by atoms with Crippen LogP contribution < -0.4 is 4.72 Å². The first-order valence-corrected chi connectivity index (χ1v) is 6.96. The average Bonchev–Trinajstić information content (AvgIpc) is 2.27. The van der Waals surface area contributed by atoms with Crippen LogP contribution in [-0.4, -0.2) is 37.2 Å². The van der Waals surface area contributed by atoms with E-state index in [0.717, 1.165) is 18.2 Å². The first-order valence-electron chi connectivity index (χ1n) is 5.09. The smallest absolute Gasteiger partial charge is 0.332 e. The van der Waals surface area contributed by atoms with Gasteiger partial charge in [0.05, 0.1) is 5.02 Å². The van der Waals surface area contributed by atoms with Gasteiger partial charge in [-0.3, -0.25) is 0 Å². The lowest BCUT2D eigenvalue weighted by Crippen LogP contribution is -2.30. The molecule has 0 amide bonds. The van der Waals surface area contributed by atoms with Gasteiger partial charge in [0.1, 0.15) is 10.7 Å². The molecule has 1 aromatic rings. The fourth-order valence-corrected chi connectivity index (χ4v) is 2.80. The Morgan fingerprint density at radius 2 is 2.11 bits per heavy atom. The first-order chi connectivity index (χ1) is 8.74. The molecule has 0 saturated heterocycles. The van der Waals surface area contributed by atoms with Crippen molar-refractivity contribution in [3.8, 4) is 0 Å². The summed E-state index contributed by atoms with van der Waals surface area (Å²) in [6, 6.07) is 2.78. The lowest BCUT2D eigenvalue weighted by atomic mass is 10.3. The van der Waals surface area contributed by atoms with Crippen molar-refractivity contribution in [1.82, 2.24) is 4.72 Å². The SMILES string of the molecule is O=C(O)[C@@H](O)CCNS(=O)(=O)c1ccc(F)cc1Cl. The van der Waals surface area contributed by atoms with E-state index < -0.39 is 27.9 Å². The average molecular weight is 312 g/mol. The Hall–Kier alpha value is -1.22. The van der Waals surface area contributed by atoms with Crippen LogP contribution in [0.3, 0.4) is 0 Å². The van der Waals surface area contributed by atoms with Crippen LogP contribution in [0.25, 0.3) is 0 Å². The van der Waals surface area contributed by atoms with Gasteiger partial charge >= 0.3 is 5.97 Å². The molecule has 0 bridgehead atoms. The summed E-state index contributed by atoms with van der Waals surface area (Å²) in [4.78, 5) is 10.0. The molecule has 0 aliphatic carbocycles. The number of hydrogen-bond acceptors (Lipinski definition) is 4. The van der Waals surface area contributed by atoms with Crippen molar-refractivity contribution in [1.29, 1.82) is 0 Å². The summed E-state index contributed by atoms with van der Waals surface area (Å²) < 4.78 is 38.4. The summed E-state index contributed by atoms with van der Waals surface area (Å²) in [5.74, 6) is -2.12. The third-order valence-corrected chi connectivity index (χ3v) is 4.12. The minimum Gasteiger partial charge on any atom is -0.479 e. The number of benzene rings is 1. The lowest BCUT2D eigenvalue weighted by Gasteiger charge is -2.09. The Labute approximate surface area is 113 Å². The zero-order chi connectivity index (χ0) is 14.6. The first kappa shape index (κ1) is 15.8. The standard InChI is InChI=1S/C10H11ClFNO5S/c11-7-5-6(12)1-2-9(7)19(17,18)13-4-3-8(14)10(15)16/h1-2,5,8,13-14H,3-4H2,(H,15,16)/t8-/m0/s1. The molecule has 0 aromatic heterocycles. The van der Waals surface area contributed by atoms with Gasteiger partial charge in [0, 0.05) is 6.54 Å². The number of carboxylic acids is 1. The Morgan fingerprint density at radius 3 is 2.63 bits per heavy atom. The Bertz CT molecular complexity index is 577. The van der Waals surface area contributed by atoms with Gasteiger partial charge in [-0.15, -0.1) is 0 Å². The van der Waals surface area contributed by atoms with Crippen molar-refractivity contribution in [2.75, 3.05) is 6.54 Å². The summed E-state index contributed by atoms with van der Waals surface area (Å²) in [6.45, 7) is -0.288. The third kappa shape index (κ3) is 4.43. The van der Waals surface area contributed by atoms with Crippen molar-refractivity contribution < 1.29 is 27.8 Å². The van der Waals surface area contributed by atoms with E-state index >= 15 is 0 Å². The molecule has 0 heterocycles. The van der Waals surface area contributed by atoms with E-state index in [1.54, 1.807) is 0 Å². The molecule has 0 aliphatic rings. The molecule has 3 N–H and O–H groups in total. The number of aliphatic hydroxyl groups is 1. The van der Waals surface area contributed by atoms with E-state index in [4.69, 9.17) is 21.8 Å². The topological polar surface area (TPSA) is 104 Å². The predicted octanol–water partition coefficient (Wildman–Crippen LogP) is 0.593. The molecule has 0 fully saturated rings. The van der Waals surface area contributed by atoms with E-state index in [-0.39, 0.29) is 22.9 Å². The van der Waals surface area contributed by atoms with E-state index in [2.05, 4.69) is 4.72 Å². The molecule has 6 nitrogen and oxygen atoms in total. The maximum Gasteiger partial charge on any atom is 0.332 e. The highest BCUT2D eigenvalue weighted by molar-refractivity contribution is 7.89. The van der Waals surface area contributed by atoms with Crippen molar-refractivity contribution in [2.24, 2.45) is 0 Å². The van der Waals surface area contributed by atoms with E-state index in [1.807, 2.05) is 0 Å². The summed E-state index contributed by atoms with van der Waals surface area (Å²) in [7, 11) is -3.98. The number of rotatable bonds is 6. The molecule has 0 spiro atoms. The number of aliphatic hydroxyl groups excluding tert-OH is 1. The van der Waals surface area contributed by atoms with Crippen LogP contribution >= 0.6 is 11.6 Å². The van der Waals surface area contributed by atoms with Crippen LogP contribution in [0.5, 0.6) is 0 Å². The minimum atomic E-state index is -3.98. The fourth-order valence-electron chi connectivity index (χ4n) is 1.22. The maximum atomic E-state index is 12.8. The van der Waals surface area contributed by atoms with Gasteiger partial charge in [-0.2, -0.15) is 0 Å². The molecule has 1 aromatic carbocycles. The second-order valence-electron chi connectivity index (χ2n) is 3.62. The second-order valence-corrected chi connectivity index (χ2v) is 5.76. The molecular formula is C10H11ClFNO5S. The van der Waals surface area contributed by atoms with Crippen LogP contribution in [0.15, 0.2) is 23.1 Å². The number of carbonyl (C=O) groups is 1. The van der Waals surface area contributed by atoms with Gasteiger partial charge in [-0.05, 0) is 24.6 Å². The Balaban J connectivity index is 2.74. The van der Waals surface area contributed by atoms with E-state index in [0.29, 0.717) is 0 Å². The summed E-state index contributed by atoms with van der Waals surface area (Å²) in [5.41, 5.74) is 0. The molecule has 0 aliphatic heterocycles. The maximum absolute atomic E-state index is 12.8. The normalized spacial score (nSPS) is 13.2. The number of hydrogen-bond donors (Lipinski definition) is 3. The fraction of sp³-hybridized carbons (Fsp3) is 0.300. The number of sulfonamides is 1. The van der Waals surface area contributed by atoms with Crippen molar-refractivity contribution in [3.05, 3.63) is 29.0 Å². The van der Waals surface area contributed by atoms with Gasteiger partial charge in [0.15, 0.2) is 6.10 Å². The summed E-state index contributed by atoms with van der Waals surface area (Å²) in [6.07, 6.45) is -1.96. The molecule has 9 heteroatoms. The lowest BCUT2D eigenvalue weighted by molar-refractivity contribution is -0.146. The monoisotopic (exact) mass is 311 g/mol. The molecule has 1 rings (SSSR count). The van der Waals surface area contributed by atoms with E-state index in [1.165, 1.54) is 0 Å². The van der Waals surface area contributed by atoms with Gasteiger partial charge in [0.2, 0.25) is 10.0 Å². The highest BCUT2D eigenvalue weighted by atomic mass is 35.5. The van der Waals surface area contributed by atoms with Crippen LogP contribution in [0.2, 0.25) is 5.02 Å². The number of aliphatic carboxylic acids is 1. The molecule has 19 heavy (non-hydrogen) atoms. The summed E-state index contributed by atoms with van der Waals surface area (Å²) in [5, 5.41) is 17.1. The van der Waals surface area contributed by atoms with Gasteiger partial charge < -0.3 is 10.2 Å². The van der Waals surface area contributed by atoms with Crippen LogP contribution in [-0.2, 0) is 14.8 Å². The number of nitrogens with one attached hydrogen (secondary N) is 1. The predicted molar refractivity (Wildman–Crippen MR) is 64.9 cm³/mol. The summed E-state index contributed by atoms with van der Waals surface area (Å²) >= 11 is 5.60. The quantitative estimate of drug-likeness (QED) is 0.713. The van der Waals surface area contributed by atoms with Crippen molar-refractivity contribution in [2.45, 2.75) is 17.4 Å². The molecule has 0 radical (unpaired) electrons. The van der Waals surface area contributed by atoms with Crippen molar-refractivity contribution >= 4 is 27.6 Å². The molecular weight excluding hydrogens is 301 g/mol. The number of carboxylic acid groups (broad SMARTS) is 1. The van der Waals surface area contributed by atoms with Gasteiger partial charge in [0.25, 0.3) is 0 Å². The minimum absolute atomic E-state index is 0.286. The van der Waals surface area contributed by atoms with Crippen LogP contribution in [0, 0.1) is 5.82 Å². The zero-order valence-electron chi connectivity index (χ0n) is 9.51. The van der Waals surface area contributed by atoms with Crippen LogP contribution in [0.4, 0.5) is 4.39 Å². The zero-order valence-corrected chi connectivity index (χ0v) is 11.1. The van der Waals surface area contributed by atoms with Crippen molar-refractivity contribution in [3.63, 3.8) is 0 Å². The third-order valence-electron chi connectivity index (χ3n) is 2.18. The second kappa shape index (κ2) is 6.29. The molecule has 106 valence electrons. The van der Waals surface area contributed by atoms with Gasteiger partial charge in [-0.1, -0.05) is 11.6 Å². The van der Waals surface area contributed by atoms with Crippen LogP contribution in [0.1, 0.15) is 6.42 Å². The highest BCUT2D eigenvalue weighted by Crippen LogP contribution is 2.21. The Kier molecular flexibility index (Phi) is 5.24. The largest absolute Gasteiger partial charge is 0.479 e. The highest BCUT2D eigenvalue weighted by Gasteiger charge is 2.19. The van der Waals surface area contributed by atoms with Gasteiger partial charge in [-0.25, -0.2) is 22.3 Å².